The lowest BCUT2D eigenvalue weighted by Gasteiger charge is -2.20. The predicted octanol–water partition coefficient (Wildman–Crippen LogP) is 3.61. The number of aromatic amines is 1. The summed E-state index contributed by atoms with van der Waals surface area (Å²) in [5, 5.41) is 23.4. The smallest absolute Gasteiger partial charge is 0.237 e. The largest absolute Gasteiger partial charge is 0.504 e. The van der Waals surface area contributed by atoms with Gasteiger partial charge in [-0.25, -0.2) is 4.98 Å². The molecule has 2 rings (SSSR count). The zero-order valence-corrected chi connectivity index (χ0v) is 19.2. The monoisotopic (exact) mass is 432 g/mol. The Hall–Kier alpha value is -2.61. The summed E-state index contributed by atoms with van der Waals surface area (Å²) >= 11 is 0. The van der Waals surface area contributed by atoms with Gasteiger partial charge in [0.2, 0.25) is 5.91 Å². The lowest BCUT2D eigenvalue weighted by molar-refractivity contribution is -0.123. The number of nitrogens with two attached hydrogens (primary N) is 1. The van der Waals surface area contributed by atoms with Crippen LogP contribution in [0.15, 0.2) is 6.07 Å². The number of nitrogens with zero attached hydrogens (tertiary/aromatic N) is 1. The molecule has 0 saturated heterocycles. The van der Waals surface area contributed by atoms with Crippen molar-refractivity contribution in [3.8, 4) is 11.5 Å². The van der Waals surface area contributed by atoms with Gasteiger partial charge in [-0.1, -0.05) is 53.9 Å². The van der Waals surface area contributed by atoms with E-state index in [1.165, 1.54) is 6.07 Å². The van der Waals surface area contributed by atoms with Gasteiger partial charge < -0.3 is 26.2 Å². The normalized spacial score (nSPS) is 14.5. The van der Waals surface area contributed by atoms with Crippen LogP contribution in [0.5, 0.6) is 11.5 Å². The molecule has 0 radical (unpaired) electrons. The van der Waals surface area contributed by atoms with Gasteiger partial charge in [0.25, 0.3) is 0 Å². The molecule has 1 aromatic carbocycles. The Morgan fingerprint density at radius 2 is 1.90 bits per heavy atom. The van der Waals surface area contributed by atoms with Crippen molar-refractivity contribution >= 4 is 22.7 Å². The van der Waals surface area contributed by atoms with E-state index in [9.17, 15) is 19.8 Å². The summed E-state index contributed by atoms with van der Waals surface area (Å²) in [6, 6.07) is 0.714. The number of aromatic hydroxyl groups is 2. The molecule has 8 nitrogen and oxygen atoms in total. The summed E-state index contributed by atoms with van der Waals surface area (Å²) in [5.74, 6) is -1.11. The minimum absolute atomic E-state index is 0.0231. The fourth-order valence-electron chi connectivity index (χ4n) is 3.67. The number of Topliss-reactive ketones (excluding diaryl/α,β-unsaturated/α-hetero) is 1. The maximum atomic E-state index is 13.3. The van der Waals surface area contributed by atoms with Crippen LogP contribution in [-0.2, 0) is 11.3 Å². The zero-order chi connectivity index (χ0) is 23.3. The Bertz CT molecular complexity index is 922. The first-order valence-electron chi connectivity index (χ1n) is 11.1. The Morgan fingerprint density at radius 3 is 2.48 bits per heavy atom. The summed E-state index contributed by atoms with van der Waals surface area (Å²) in [4.78, 5) is 33.1. The van der Waals surface area contributed by atoms with Crippen LogP contribution < -0.4 is 11.1 Å². The number of H-pyrrole nitrogens is 1. The number of unbranched alkanes of at least 4 members (excludes halogenated alkanes) is 1. The van der Waals surface area contributed by atoms with Crippen LogP contribution in [0.2, 0.25) is 0 Å². The van der Waals surface area contributed by atoms with E-state index in [1.54, 1.807) is 0 Å². The van der Waals surface area contributed by atoms with Crippen molar-refractivity contribution in [2.45, 2.75) is 72.9 Å². The second-order valence-corrected chi connectivity index (χ2v) is 8.69. The molecule has 8 heteroatoms. The maximum Gasteiger partial charge on any atom is 0.237 e. The molecule has 1 amide bonds. The number of ketones is 1. The summed E-state index contributed by atoms with van der Waals surface area (Å²) in [7, 11) is 0. The predicted molar refractivity (Wildman–Crippen MR) is 121 cm³/mol. The number of amides is 1. The van der Waals surface area contributed by atoms with E-state index in [2.05, 4.69) is 22.2 Å². The average molecular weight is 433 g/mol. The van der Waals surface area contributed by atoms with Gasteiger partial charge in [0.1, 0.15) is 11.3 Å². The Morgan fingerprint density at radius 1 is 1.23 bits per heavy atom. The minimum Gasteiger partial charge on any atom is -0.504 e. The van der Waals surface area contributed by atoms with Crippen LogP contribution in [-0.4, -0.2) is 37.9 Å². The van der Waals surface area contributed by atoms with Crippen molar-refractivity contribution < 1.29 is 19.8 Å². The van der Waals surface area contributed by atoms with Crippen LogP contribution >= 0.6 is 0 Å². The highest BCUT2D eigenvalue weighted by Crippen LogP contribution is 2.38. The van der Waals surface area contributed by atoms with Gasteiger partial charge in [-0.2, -0.15) is 0 Å². The molecule has 1 heterocycles. The number of carbonyl (C=O) groups is 2. The Labute approximate surface area is 183 Å². The second-order valence-electron chi connectivity index (χ2n) is 8.69. The number of hydrogen-bond acceptors (Lipinski definition) is 6. The van der Waals surface area contributed by atoms with Crippen molar-refractivity contribution in [1.29, 1.82) is 0 Å². The fourth-order valence-corrected chi connectivity index (χ4v) is 3.67. The lowest BCUT2D eigenvalue weighted by atomic mass is 9.83. The quantitative estimate of drug-likeness (QED) is 0.271. The molecule has 0 saturated carbocycles. The number of rotatable bonds is 11. The molecule has 172 valence electrons. The summed E-state index contributed by atoms with van der Waals surface area (Å²) in [6.07, 6.45) is 3.34. The number of hydrogen-bond donors (Lipinski definition) is 5. The second kappa shape index (κ2) is 10.6. The molecular formula is C23H36N4O4. The van der Waals surface area contributed by atoms with E-state index < -0.39 is 11.8 Å². The summed E-state index contributed by atoms with van der Waals surface area (Å²) < 4.78 is 0. The van der Waals surface area contributed by atoms with Crippen LogP contribution in [0.1, 0.15) is 76.5 Å². The van der Waals surface area contributed by atoms with E-state index in [0.717, 1.165) is 19.3 Å². The van der Waals surface area contributed by atoms with Gasteiger partial charge in [-0.3, -0.25) is 9.59 Å². The molecule has 0 aliphatic carbocycles. The van der Waals surface area contributed by atoms with Gasteiger partial charge in [0.05, 0.1) is 23.7 Å². The fraction of sp³-hybridized carbons (Fsp3) is 0.609. The van der Waals surface area contributed by atoms with Gasteiger partial charge in [0, 0.05) is 12.0 Å². The van der Waals surface area contributed by atoms with Crippen molar-refractivity contribution in [1.82, 2.24) is 15.3 Å². The maximum absolute atomic E-state index is 13.3. The third-order valence-corrected chi connectivity index (χ3v) is 6.02. The van der Waals surface area contributed by atoms with Gasteiger partial charge in [-0.05, 0) is 18.3 Å². The van der Waals surface area contributed by atoms with Crippen molar-refractivity contribution in [2.75, 3.05) is 0 Å². The van der Waals surface area contributed by atoms with Crippen LogP contribution in [0, 0.1) is 17.8 Å². The minimum atomic E-state index is -0.620. The molecule has 2 aromatic rings. The number of phenolic OH excluding ortho intramolecular Hbond substituents is 2. The van der Waals surface area contributed by atoms with E-state index in [4.69, 9.17) is 5.73 Å². The number of nitrogens with one attached hydrogen (secondary N) is 2. The van der Waals surface area contributed by atoms with Gasteiger partial charge in [-0.15, -0.1) is 0 Å². The first-order valence-corrected chi connectivity index (χ1v) is 11.1. The molecule has 0 fully saturated rings. The molecule has 1 unspecified atom stereocenters. The Balaban J connectivity index is 2.36. The lowest BCUT2D eigenvalue weighted by Crippen LogP contribution is -2.44. The highest BCUT2D eigenvalue weighted by atomic mass is 16.3. The van der Waals surface area contributed by atoms with Crippen LogP contribution in [0.25, 0.3) is 11.0 Å². The number of imidazole rings is 1. The SMILES string of the molecule is CCCCC(C(=O)c1c(O)c(O)cc2[nH]c(CNC(=O)[C@H](N)[C@@H](C)CC)nc12)C(C)C. The molecule has 0 bridgehead atoms. The van der Waals surface area contributed by atoms with Crippen molar-refractivity contribution in [3.05, 3.63) is 17.5 Å². The highest BCUT2D eigenvalue weighted by Gasteiger charge is 2.30. The topological polar surface area (TPSA) is 141 Å². The number of aromatic nitrogens is 2. The number of carbonyl (C=O) groups excluding carboxylic acids is 2. The molecule has 6 N–H and O–H groups in total. The molecule has 3 atom stereocenters. The standard InChI is InChI=1S/C23H36N4O4/c1-6-8-9-14(12(3)4)21(29)18-20-15(10-16(28)22(18)30)26-17(27-20)11-25-23(31)19(24)13(5)7-2/h10,12-14,19,28,30H,6-9,11,24H2,1-5H3,(H,25,31)(H,26,27)/t13-,14?,19+/m0/s1. The average Bonchev–Trinajstić information content (AvgIpc) is 3.13. The first kappa shape index (κ1) is 24.7. The van der Waals surface area contributed by atoms with E-state index in [-0.39, 0.29) is 52.8 Å². The molecule has 1 aromatic heterocycles. The van der Waals surface area contributed by atoms with Gasteiger partial charge >= 0.3 is 0 Å². The van der Waals surface area contributed by atoms with Crippen LogP contribution in [0.4, 0.5) is 0 Å². The molecular weight excluding hydrogens is 396 g/mol. The molecule has 31 heavy (non-hydrogen) atoms. The number of fused-ring (bicyclic) bond motifs is 1. The van der Waals surface area contributed by atoms with Gasteiger partial charge in [0.15, 0.2) is 17.3 Å². The molecule has 0 spiro atoms. The first-order chi connectivity index (χ1) is 14.6. The third kappa shape index (κ3) is 5.55. The summed E-state index contributed by atoms with van der Waals surface area (Å²) in [6.45, 7) is 9.99. The van der Waals surface area contributed by atoms with Crippen molar-refractivity contribution in [2.24, 2.45) is 23.5 Å². The van der Waals surface area contributed by atoms with Crippen molar-refractivity contribution in [3.63, 3.8) is 0 Å². The highest BCUT2D eigenvalue weighted by molar-refractivity contribution is 6.10. The number of phenols is 2. The van der Waals surface area contributed by atoms with E-state index >= 15 is 0 Å². The third-order valence-electron chi connectivity index (χ3n) is 6.02. The zero-order valence-electron chi connectivity index (χ0n) is 19.2. The van der Waals surface area contributed by atoms with E-state index in [0.29, 0.717) is 17.8 Å². The molecule has 0 aliphatic rings. The number of benzene rings is 1. The summed E-state index contributed by atoms with van der Waals surface area (Å²) in [5.41, 5.74) is 6.70. The molecule has 0 aliphatic heterocycles. The van der Waals surface area contributed by atoms with E-state index in [1.807, 2.05) is 27.7 Å². The Kier molecular flexibility index (Phi) is 8.44. The van der Waals surface area contributed by atoms with Crippen LogP contribution in [0.3, 0.4) is 0 Å².